The van der Waals surface area contributed by atoms with Gasteiger partial charge in [0.15, 0.2) is 0 Å². The zero-order valence-corrected chi connectivity index (χ0v) is 11.4. The predicted octanol–water partition coefficient (Wildman–Crippen LogP) is 1.01. The van der Waals surface area contributed by atoms with Gasteiger partial charge in [0.25, 0.3) is 0 Å². The van der Waals surface area contributed by atoms with Crippen molar-refractivity contribution in [1.29, 1.82) is 0 Å². The fourth-order valence-corrected chi connectivity index (χ4v) is 2.41. The first kappa shape index (κ1) is 14.1. The number of amides is 2. The molecule has 1 saturated heterocycles. The van der Waals surface area contributed by atoms with Crippen LogP contribution in [0.2, 0.25) is 0 Å². The lowest BCUT2D eigenvalue weighted by molar-refractivity contribution is -0.145. The van der Waals surface area contributed by atoms with E-state index in [1.54, 1.807) is 4.90 Å². The number of urea groups is 1. The predicted molar refractivity (Wildman–Crippen MR) is 68.9 cm³/mol. The molecule has 108 valence electrons. The highest BCUT2D eigenvalue weighted by atomic mass is 16.5. The minimum absolute atomic E-state index is 0.0334. The number of hydrogen-bond acceptors (Lipinski definition) is 3. The van der Waals surface area contributed by atoms with Crippen molar-refractivity contribution in [3.63, 3.8) is 0 Å². The summed E-state index contributed by atoms with van der Waals surface area (Å²) in [5, 5.41) is 8.55. The molecule has 2 rings (SSSR count). The second-order valence-electron chi connectivity index (χ2n) is 5.50. The van der Waals surface area contributed by atoms with Gasteiger partial charge < -0.3 is 19.6 Å². The molecule has 1 N–H and O–H groups in total. The highest BCUT2D eigenvalue weighted by Crippen LogP contribution is 2.29. The van der Waals surface area contributed by atoms with Gasteiger partial charge in [0.05, 0.1) is 6.10 Å². The molecule has 0 radical (unpaired) electrons. The molecule has 1 aliphatic carbocycles. The number of aliphatic carboxylic acids is 1. The molecule has 0 spiro atoms. The van der Waals surface area contributed by atoms with E-state index >= 15 is 0 Å². The van der Waals surface area contributed by atoms with Crippen LogP contribution >= 0.6 is 0 Å². The van der Waals surface area contributed by atoms with Crippen LogP contribution in [-0.4, -0.2) is 66.3 Å². The molecule has 0 aromatic carbocycles. The first-order chi connectivity index (χ1) is 9.06. The zero-order chi connectivity index (χ0) is 13.8. The molecule has 6 heteroatoms. The number of carboxylic acids is 1. The molecule has 1 heterocycles. The Balaban J connectivity index is 1.69. The number of ether oxygens (including phenoxy) is 1. The quantitative estimate of drug-likeness (QED) is 0.809. The van der Waals surface area contributed by atoms with Crippen LogP contribution in [-0.2, 0) is 9.53 Å². The molecule has 1 aliphatic heterocycles. The Kier molecular flexibility index (Phi) is 4.63. The van der Waals surface area contributed by atoms with Crippen molar-refractivity contribution < 1.29 is 19.4 Å². The second kappa shape index (κ2) is 6.23. The van der Waals surface area contributed by atoms with E-state index < -0.39 is 5.97 Å². The van der Waals surface area contributed by atoms with E-state index in [0.29, 0.717) is 19.0 Å². The van der Waals surface area contributed by atoms with E-state index in [0.717, 1.165) is 19.4 Å². The van der Waals surface area contributed by atoms with Gasteiger partial charge in [0.1, 0.15) is 6.61 Å². The van der Waals surface area contributed by atoms with E-state index in [4.69, 9.17) is 9.84 Å². The summed E-state index contributed by atoms with van der Waals surface area (Å²) < 4.78 is 5.26. The standard InChI is InChI=1S/C13H22N2O4/c1-14(8-10-2-3-10)13(18)15-6-4-11(5-7-15)19-9-12(16)17/h10-11H,2-9H2,1H3,(H,16,17). The van der Waals surface area contributed by atoms with Crippen LogP contribution in [0, 0.1) is 5.92 Å². The van der Waals surface area contributed by atoms with Crippen molar-refractivity contribution in [1.82, 2.24) is 9.80 Å². The van der Waals surface area contributed by atoms with Gasteiger partial charge in [0, 0.05) is 26.7 Å². The molecule has 2 aliphatic rings. The highest BCUT2D eigenvalue weighted by molar-refractivity contribution is 5.74. The van der Waals surface area contributed by atoms with Gasteiger partial charge in [-0.05, 0) is 31.6 Å². The van der Waals surface area contributed by atoms with Crippen molar-refractivity contribution in [2.24, 2.45) is 5.92 Å². The smallest absolute Gasteiger partial charge is 0.329 e. The van der Waals surface area contributed by atoms with Crippen LogP contribution in [0.5, 0.6) is 0 Å². The summed E-state index contributed by atoms with van der Waals surface area (Å²) in [6.07, 6.45) is 3.88. The number of carboxylic acid groups (broad SMARTS) is 1. The van der Waals surface area contributed by atoms with Gasteiger partial charge in [-0.1, -0.05) is 0 Å². The molecule has 0 bridgehead atoms. The second-order valence-corrected chi connectivity index (χ2v) is 5.50. The molecular weight excluding hydrogens is 248 g/mol. The largest absolute Gasteiger partial charge is 0.480 e. The van der Waals surface area contributed by atoms with E-state index in [2.05, 4.69) is 0 Å². The van der Waals surface area contributed by atoms with Gasteiger partial charge in [-0.15, -0.1) is 0 Å². The Labute approximate surface area is 113 Å². The van der Waals surface area contributed by atoms with Crippen molar-refractivity contribution >= 4 is 12.0 Å². The number of rotatable bonds is 5. The van der Waals surface area contributed by atoms with Crippen LogP contribution in [0.3, 0.4) is 0 Å². The average molecular weight is 270 g/mol. The third-order valence-corrected chi connectivity index (χ3v) is 3.71. The van der Waals surface area contributed by atoms with E-state index in [-0.39, 0.29) is 18.7 Å². The van der Waals surface area contributed by atoms with Crippen LogP contribution in [0.1, 0.15) is 25.7 Å². The summed E-state index contributed by atoms with van der Waals surface area (Å²) in [4.78, 5) is 26.2. The Hall–Kier alpha value is -1.30. The Morgan fingerprint density at radius 1 is 1.26 bits per heavy atom. The summed E-state index contributed by atoms with van der Waals surface area (Å²) >= 11 is 0. The first-order valence-electron chi connectivity index (χ1n) is 6.89. The fourth-order valence-electron chi connectivity index (χ4n) is 2.41. The molecule has 0 aromatic heterocycles. The van der Waals surface area contributed by atoms with E-state index in [1.807, 2.05) is 11.9 Å². The lowest BCUT2D eigenvalue weighted by Crippen LogP contribution is -2.47. The van der Waals surface area contributed by atoms with Crippen molar-refractivity contribution in [3.05, 3.63) is 0 Å². The first-order valence-corrected chi connectivity index (χ1v) is 6.89. The SMILES string of the molecule is CN(CC1CC1)C(=O)N1CCC(OCC(=O)O)CC1. The molecule has 2 amide bonds. The summed E-state index contributed by atoms with van der Waals surface area (Å²) in [5.74, 6) is -0.243. The number of carbonyl (C=O) groups excluding carboxylic acids is 1. The van der Waals surface area contributed by atoms with Crippen molar-refractivity contribution in [3.8, 4) is 0 Å². The minimum Gasteiger partial charge on any atom is -0.480 e. The summed E-state index contributed by atoms with van der Waals surface area (Å²) in [7, 11) is 1.85. The monoisotopic (exact) mass is 270 g/mol. The molecule has 6 nitrogen and oxygen atoms in total. The summed E-state index contributed by atoms with van der Waals surface area (Å²) in [5.41, 5.74) is 0. The lowest BCUT2D eigenvalue weighted by Gasteiger charge is -2.34. The molecule has 0 unspecified atom stereocenters. The maximum atomic E-state index is 12.2. The zero-order valence-electron chi connectivity index (χ0n) is 11.4. The third kappa shape index (κ3) is 4.38. The van der Waals surface area contributed by atoms with Crippen LogP contribution in [0.4, 0.5) is 4.79 Å². The molecule has 2 fully saturated rings. The average Bonchev–Trinajstić information content (AvgIpc) is 3.20. The minimum atomic E-state index is -0.942. The van der Waals surface area contributed by atoms with E-state index in [1.165, 1.54) is 12.8 Å². The third-order valence-electron chi connectivity index (χ3n) is 3.71. The Morgan fingerprint density at radius 2 is 1.89 bits per heavy atom. The van der Waals surface area contributed by atoms with Gasteiger partial charge in [-0.3, -0.25) is 0 Å². The number of piperidine rings is 1. The van der Waals surface area contributed by atoms with Gasteiger partial charge in [-0.2, -0.15) is 0 Å². The number of nitrogens with zero attached hydrogens (tertiary/aromatic N) is 2. The van der Waals surface area contributed by atoms with Gasteiger partial charge >= 0.3 is 12.0 Å². The van der Waals surface area contributed by atoms with Gasteiger partial charge in [-0.25, -0.2) is 9.59 Å². The maximum Gasteiger partial charge on any atom is 0.329 e. The molecular formula is C13H22N2O4. The number of hydrogen-bond donors (Lipinski definition) is 1. The van der Waals surface area contributed by atoms with Crippen molar-refractivity contribution in [2.75, 3.05) is 33.3 Å². The topological polar surface area (TPSA) is 70.1 Å². The Bertz CT molecular complexity index is 336. The lowest BCUT2D eigenvalue weighted by atomic mass is 10.1. The fraction of sp³-hybridized carbons (Fsp3) is 0.846. The summed E-state index contributed by atoms with van der Waals surface area (Å²) in [6, 6.07) is 0.0867. The van der Waals surface area contributed by atoms with Crippen molar-refractivity contribution in [2.45, 2.75) is 31.8 Å². The molecule has 19 heavy (non-hydrogen) atoms. The molecule has 1 saturated carbocycles. The van der Waals surface area contributed by atoms with E-state index in [9.17, 15) is 9.59 Å². The molecule has 0 aromatic rings. The number of likely N-dealkylation sites (tertiary alicyclic amines) is 1. The van der Waals surface area contributed by atoms with Crippen LogP contribution < -0.4 is 0 Å². The number of carbonyl (C=O) groups is 2. The van der Waals surface area contributed by atoms with Gasteiger partial charge in [0.2, 0.25) is 0 Å². The highest BCUT2D eigenvalue weighted by Gasteiger charge is 2.29. The van der Waals surface area contributed by atoms with Crippen LogP contribution in [0.15, 0.2) is 0 Å². The molecule has 0 atom stereocenters. The maximum absolute atomic E-state index is 12.2. The summed E-state index contributed by atoms with van der Waals surface area (Å²) in [6.45, 7) is 1.91. The van der Waals surface area contributed by atoms with Crippen LogP contribution in [0.25, 0.3) is 0 Å². The normalized spacial score (nSPS) is 20.4. The Morgan fingerprint density at radius 3 is 2.42 bits per heavy atom.